The molecule has 0 spiro atoms. The molecule has 1 rings (SSSR count). The molecule has 0 saturated carbocycles. The average molecular weight is 238 g/mol. The van der Waals surface area contributed by atoms with Crippen LogP contribution in [-0.2, 0) is 32.0 Å². The van der Waals surface area contributed by atoms with Gasteiger partial charge in [-0.3, -0.25) is 4.79 Å². The fourth-order valence-corrected chi connectivity index (χ4v) is 1.42. The minimum Gasteiger partial charge on any atom is -0.469 e. The molecule has 0 aliphatic rings. The number of benzene rings is 1. The van der Waals surface area contributed by atoms with Crippen molar-refractivity contribution in [2.24, 2.45) is 0 Å². The van der Waals surface area contributed by atoms with Gasteiger partial charge in [0, 0.05) is 7.11 Å². The summed E-state index contributed by atoms with van der Waals surface area (Å²) in [4.78, 5) is 11.2. The van der Waals surface area contributed by atoms with Crippen LogP contribution in [0.5, 0.6) is 0 Å². The molecule has 0 atom stereocenters. The fourth-order valence-electron chi connectivity index (χ4n) is 1.42. The molecule has 94 valence electrons. The van der Waals surface area contributed by atoms with Crippen molar-refractivity contribution in [3.8, 4) is 0 Å². The zero-order valence-electron chi connectivity index (χ0n) is 10.3. The molecule has 0 amide bonds. The van der Waals surface area contributed by atoms with E-state index >= 15 is 0 Å². The lowest BCUT2D eigenvalue weighted by atomic mass is 10.1. The van der Waals surface area contributed by atoms with E-state index in [9.17, 15) is 4.79 Å². The Hall–Kier alpha value is -1.39. The lowest BCUT2D eigenvalue weighted by Gasteiger charge is -2.09. The van der Waals surface area contributed by atoms with E-state index in [1.54, 1.807) is 7.11 Å². The summed E-state index contributed by atoms with van der Waals surface area (Å²) in [5, 5.41) is 0. The molecule has 0 bridgehead atoms. The van der Waals surface area contributed by atoms with Crippen molar-refractivity contribution in [3.05, 3.63) is 35.4 Å². The van der Waals surface area contributed by atoms with Crippen molar-refractivity contribution in [2.45, 2.75) is 13.0 Å². The maximum Gasteiger partial charge on any atom is 0.309 e. The largest absolute Gasteiger partial charge is 0.469 e. The van der Waals surface area contributed by atoms with Crippen LogP contribution in [0, 0.1) is 0 Å². The summed E-state index contributed by atoms with van der Waals surface area (Å²) in [5.74, 6) is -0.241. The Morgan fingerprint density at radius 1 is 1.12 bits per heavy atom. The van der Waals surface area contributed by atoms with Crippen LogP contribution in [0.1, 0.15) is 11.1 Å². The van der Waals surface area contributed by atoms with Crippen molar-refractivity contribution in [2.75, 3.05) is 27.4 Å². The van der Waals surface area contributed by atoms with Crippen LogP contribution in [0.25, 0.3) is 0 Å². The molecule has 0 N–H and O–H groups in total. The second kappa shape index (κ2) is 7.81. The molecule has 0 saturated heterocycles. The zero-order valence-corrected chi connectivity index (χ0v) is 10.3. The van der Waals surface area contributed by atoms with E-state index in [2.05, 4.69) is 4.74 Å². The minimum absolute atomic E-state index is 0.241. The van der Waals surface area contributed by atoms with Crippen molar-refractivity contribution in [1.29, 1.82) is 0 Å². The first-order valence-electron chi connectivity index (χ1n) is 5.48. The molecule has 4 nitrogen and oxygen atoms in total. The quantitative estimate of drug-likeness (QED) is 0.534. The number of methoxy groups -OCH3 is 2. The van der Waals surface area contributed by atoms with E-state index in [1.165, 1.54) is 7.11 Å². The molecule has 0 aromatic heterocycles. The summed E-state index contributed by atoms with van der Waals surface area (Å²) in [7, 11) is 3.02. The molecule has 4 heteroatoms. The number of hydrogen-bond acceptors (Lipinski definition) is 4. The SMILES string of the molecule is COCCOCc1ccccc1CC(=O)OC. The summed E-state index contributed by atoms with van der Waals surface area (Å²) >= 11 is 0. The molecular formula is C13H18O4. The smallest absolute Gasteiger partial charge is 0.309 e. The van der Waals surface area contributed by atoms with E-state index in [0.717, 1.165) is 11.1 Å². The summed E-state index contributed by atoms with van der Waals surface area (Å²) < 4.78 is 15.0. The van der Waals surface area contributed by atoms with Crippen LogP contribution in [0.2, 0.25) is 0 Å². The first-order valence-corrected chi connectivity index (χ1v) is 5.48. The van der Waals surface area contributed by atoms with Gasteiger partial charge in [-0.1, -0.05) is 24.3 Å². The van der Waals surface area contributed by atoms with E-state index in [1.807, 2.05) is 24.3 Å². The molecular weight excluding hydrogens is 220 g/mol. The predicted octanol–water partition coefficient (Wildman–Crippen LogP) is 1.57. The number of carbonyl (C=O) groups is 1. The maximum absolute atomic E-state index is 11.2. The van der Waals surface area contributed by atoms with Gasteiger partial charge in [-0.15, -0.1) is 0 Å². The molecule has 0 aliphatic carbocycles. The molecule has 0 radical (unpaired) electrons. The van der Waals surface area contributed by atoms with Gasteiger partial charge < -0.3 is 14.2 Å². The van der Waals surface area contributed by atoms with E-state index in [-0.39, 0.29) is 12.4 Å². The molecule has 17 heavy (non-hydrogen) atoms. The molecule has 1 aromatic carbocycles. The summed E-state index contributed by atoms with van der Waals surface area (Å²) in [5.41, 5.74) is 1.95. The number of esters is 1. The Balaban J connectivity index is 2.54. The average Bonchev–Trinajstić information content (AvgIpc) is 2.36. The predicted molar refractivity (Wildman–Crippen MR) is 63.7 cm³/mol. The number of hydrogen-bond donors (Lipinski definition) is 0. The van der Waals surface area contributed by atoms with Crippen molar-refractivity contribution in [3.63, 3.8) is 0 Å². The Morgan fingerprint density at radius 3 is 2.47 bits per heavy atom. The zero-order chi connectivity index (χ0) is 12.5. The lowest BCUT2D eigenvalue weighted by Crippen LogP contribution is -2.08. The van der Waals surface area contributed by atoms with E-state index in [4.69, 9.17) is 9.47 Å². The minimum atomic E-state index is -0.241. The first kappa shape index (κ1) is 13.7. The van der Waals surface area contributed by atoms with Crippen LogP contribution >= 0.6 is 0 Å². The highest BCUT2D eigenvalue weighted by molar-refractivity contribution is 5.72. The van der Waals surface area contributed by atoms with Crippen LogP contribution < -0.4 is 0 Å². The van der Waals surface area contributed by atoms with E-state index < -0.39 is 0 Å². The third-order valence-electron chi connectivity index (χ3n) is 2.37. The molecule has 0 fully saturated rings. The Morgan fingerprint density at radius 2 is 1.82 bits per heavy atom. The highest BCUT2D eigenvalue weighted by Gasteiger charge is 2.07. The Kier molecular flexibility index (Phi) is 6.29. The normalized spacial score (nSPS) is 10.2. The third kappa shape index (κ3) is 4.97. The maximum atomic E-state index is 11.2. The standard InChI is InChI=1S/C13H18O4/c1-15-7-8-17-10-12-6-4-3-5-11(12)9-13(14)16-2/h3-6H,7-10H2,1-2H3. The summed E-state index contributed by atoms with van der Waals surface area (Å²) in [6.45, 7) is 1.60. The number of ether oxygens (including phenoxy) is 3. The second-order valence-corrected chi connectivity index (χ2v) is 3.57. The van der Waals surface area contributed by atoms with Crippen LogP contribution in [-0.4, -0.2) is 33.4 Å². The Bertz CT molecular complexity index is 349. The molecule has 0 heterocycles. The summed E-state index contributed by atoms with van der Waals surface area (Å²) in [6, 6.07) is 7.68. The van der Waals surface area contributed by atoms with Gasteiger partial charge in [0.25, 0.3) is 0 Å². The van der Waals surface area contributed by atoms with Gasteiger partial charge in [0.2, 0.25) is 0 Å². The fraction of sp³-hybridized carbons (Fsp3) is 0.462. The van der Waals surface area contributed by atoms with Gasteiger partial charge in [-0.05, 0) is 11.1 Å². The van der Waals surface area contributed by atoms with E-state index in [0.29, 0.717) is 19.8 Å². The highest BCUT2D eigenvalue weighted by atomic mass is 16.5. The van der Waals surface area contributed by atoms with Crippen molar-refractivity contribution in [1.82, 2.24) is 0 Å². The van der Waals surface area contributed by atoms with Gasteiger partial charge in [0.1, 0.15) is 0 Å². The van der Waals surface area contributed by atoms with Crippen molar-refractivity contribution < 1.29 is 19.0 Å². The number of carbonyl (C=O) groups excluding carboxylic acids is 1. The first-order chi connectivity index (χ1) is 8.27. The molecule has 0 unspecified atom stereocenters. The van der Waals surface area contributed by atoms with Crippen LogP contribution in [0.4, 0.5) is 0 Å². The van der Waals surface area contributed by atoms with Gasteiger partial charge in [0.15, 0.2) is 0 Å². The topological polar surface area (TPSA) is 44.8 Å². The summed E-state index contributed by atoms with van der Waals surface area (Å²) in [6.07, 6.45) is 0.278. The number of rotatable bonds is 7. The van der Waals surface area contributed by atoms with Gasteiger partial charge in [0.05, 0.1) is 33.4 Å². The molecule has 0 aliphatic heterocycles. The van der Waals surface area contributed by atoms with Crippen LogP contribution in [0.3, 0.4) is 0 Å². The van der Waals surface area contributed by atoms with Gasteiger partial charge >= 0.3 is 5.97 Å². The van der Waals surface area contributed by atoms with Crippen LogP contribution in [0.15, 0.2) is 24.3 Å². The van der Waals surface area contributed by atoms with Gasteiger partial charge in [-0.2, -0.15) is 0 Å². The van der Waals surface area contributed by atoms with Gasteiger partial charge in [-0.25, -0.2) is 0 Å². The molecule has 1 aromatic rings. The monoisotopic (exact) mass is 238 g/mol. The third-order valence-corrected chi connectivity index (χ3v) is 2.37. The lowest BCUT2D eigenvalue weighted by molar-refractivity contribution is -0.139. The Labute approximate surface area is 101 Å². The van der Waals surface area contributed by atoms with Crippen molar-refractivity contribution >= 4 is 5.97 Å². The highest BCUT2D eigenvalue weighted by Crippen LogP contribution is 2.11. The second-order valence-electron chi connectivity index (χ2n) is 3.57.